The fourth-order valence-corrected chi connectivity index (χ4v) is 5.01. The van der Waals surface area contributed by atoms with Gasteiger partial charge in [-0.15, -0.1) is 0 Å². The molecule has 2 aliphatic heterocycles. The maximum Gasteiger partial charge on any atom is 0.254 e. The second kappa shape index (κ2) is 9.23. The van der Waals surface area contributed by atoms with Gasteiger partial charge in [-0.2, -0.15) is 5.26 Å². The van der Waals surface area contributed by atoms with E-state index in [1.807, 2.05) is 18.2 Å². The molecule has 0 radical (unpaired) electrons. The molecule has 1 aromatic heterocycles. The molecule has 2 aliphatic rings. The van der Waals surface area contributed by atoms with E-state index >= 15 is 0 Å². The summed E-state index contributed by atoms with van der Waals surface area (Å²) >= 11 is 0. The van der Waals surface area contributed by atoms with Gasteiger partial charge < -0.3 is 14.7 Å². The van der Waals surface area contributed by atoms with Crippen LogP contribution in [0.2, 0.25) is 0 Å². The fraction of sp³-hybridized carbons (Fsp3) is 0.458. The second-order valence-electron chi connectivity index (χ2n) is 8.87. The summed E-state index contributed by atoms with van der Waals surface area (Å²) in [4.78, 5) is 21.0. The van der Waals surface area contributed by atoms with Gasteiger partial charge in [0.15, 0.2) is 0 Å². The number of hydrogen-bond donors (Lipinski definition) is 1. The van der Waals surface area contributed by atoms with Crippen molar-refractivity contribution in [2.45, 2.75) is 31.9 Å². The van der Waals surface area contributed by atoms with E-state index in [0.717, 1.165) is 31.0 Å². The molecule has 0 aliphatic carbocycles. The number of carbonyl (C=O) groups is 1. The maximum absolute atomic E-state index is 13.8. The fourth-order valence-electron chi connectivity index (χ4n) is 5.01. The van der Waals surface area contributed by atoms with Crippen molar-refractivity contribution in [1.29, 1.82) is 5.26 Å². The first kappa shape index (κ1) is 22.2. The highest BCUT2D eigenvalue weighted by Crippen LogP contribution is 2.40. The van der Waals surface area contributed by atoms with Crippen LogP contribution in [-0.4, -0.2) is 65.2 Å². The molecule has 1 aromatic carbocycles. The quantitative estimate of drug-likeness (QED) is 0.789. The zero-order valence-electron chi connectivity index (χ0n) is 18.1. The van der Waals surface area contributed by atoms with Crippen LogP contribution in [-0.2, 0) is 6.54 Å². The number of β-amino-alcohol motifs (C(OH)–C–C–N with tert-alkyl or cyclic N) is 1. The van der Waals surface area contributed by atoms with Gasteiger partial charge in [0.2, 0.25) is 5.88 Å². The molecule has 2 fully saturated rings. The Morgan fingerprint density at radius 3 is 2.84 bits per heavy atom. The summed E-state index contributed by atoms with van der Waals surface area (Å²) in [6.45, 7) is 3.23. The summed E-state index contributed by atoms with van der Waals surface area (Å²) in [7, 11) is 1.59. The molecule has 7 nitrogen and oxygen atoms in total. The van der Waals surface area contributed by atoms with E-state index in [1.165, 1.54) is 12.1 Å². The molecule has 1 amide bonds. The number of nitrogens with zero attached hydrogens (tertiary/aromatic N) is 4. The van der Waals surface area contributed by atoms with E-state index in [1.54, 1.807) is 18.2 Å². The van der Waals surface area contributed by atoms with Crippen LogP contribution in [0.5, 0.6) is 5.88 Å². The van der Waals surface area contributed by atoms with Crippen LogP contribution in [0.1, 0.15) is 40.7 Å². The Kier molecular flexibility index (Phi) is 6.40. The number of nitriles is 1. The lowest BCUT2D eigenvalue weighted by molar-refractivity contribution is -0.0404. The van der Waals surface area contributed by atoms with Crippen molar-refractivity contribution in [2.24, 2.45) is 5.41 Å². The minimum atomic E-state index is -0.584. The number of amides is 1. The van der Waals surface area contributed by atoms with Gasteiger partial charge >= 0.3 is 0 Å². The molecular weight excluding hydrogens is 411 g/mol. The van der Waals surface area contributed by atoms with E-state index < -0.39 is 11.9 Å². The number of carbonyl (C=O) groups excluding carboxylic acids is 1. The van der Waals surface area contributed by atoms with Gasteiger partial charge in [-0.25, -0.2) is 9.37 Å². The van der Waals surface area contributed by atoms with Crippen molar-refractivity contribution in [3.05, 3.63) is 59.0 Å². The van der Waals surface area contributed by atoms with Crippen LogP contribution in [0.4, 0.5) is 4.39 Å². The topological polar surface area (TPSA) is 89.7 Å². The van der Waals surface area contributed by atoms with Crippen molar-refractivity contribution >= 4 is 5.91 Å². The number of ether oxygens (including phenoxy) is 1. The van der Waals surface area contributed by atoms with E-state index in [2.05, 4.69) is 9.88 Å². The second-order valence-corrected chi connectivity index (χ2v) is 8.87. The Bertz CT molecular complexity index is 1030. The Balaban J connectivity index is 1.42. The highest BCUT2D eigenvalue weighted by molar-refractivity contribution is 5.94. The largest absolute Gasteiger partial charge is 0.481 e. The smallest absolute Gasteiger partial charge is 0.254 e. The zero-order chi connectivity index (χ0) is 22.7. The van der Waals surface area contributed by atoms with Crippen LogP contribution >= 0.6 is 0 Å². The average molecular weight is 439 g/mol. The molecule has 4 rings (SSSR count). The number of hydrogen-bond acceptors (Lipinski definition) is 6. The number of aliphatic hydroxyl groups is 1. The van der Waals surface area contributed by atoms with Gasteiger partial charge in [0.1, 0.15) is 5.82 Å². The number of methoxy groups -OCH3 is 1. The predicted octanol–water partition coefficient (Wildman–Crippen LogP) is 2.59. The Hall–Kier alpha value is -3.02. The minimum Gasteiger partial charge on any atom is -0.481 e. The maximum atomic E-state index is 13.8. The van der Waals surface area contributed by atoms with Crippen LogP contribution in [0.15, 0.2) is 36.5 Å². The van der Waals surface area contributed by atoms with Crippen LogP contribution in [0.3, 0.4) is 0 Å². The molecule has 2 saturated heterocycles. The van der Waals surface area contributed by atoms with Gasteiger partial charge in [0.25, 0.3) is 5.91 Å². The summed E-state index contributed by atoms with van der Waals surface area (Å²) < 4.78 is 19.0. The number of likely N-dealkylation sites (tertiary alicyclic amines) is 2. The van der Waals surface area contributed by atoms with Gasteiger partial charge in [0, 0.05) is 50.6 Å². The van der Waals surface area contributed by atoms with E-state index in [9.17, 15) is 14.3 Å². The Labute approximate surface area is 187 Å². The van der Waals surface area contributed by atoms with Crippen LogP contribution in [0, 0.1) is 22.6 Å². The molecule has 3 heterocycles. The lowest BCUT2D eigenvalue weighted by Gasteiger charge is -2.49. The molecule has 32 heavy (non-hydrogen) atoms. The highest BCUT2D eigenvalue weighted by Gasteiger charge is 2.42. The molecule has 168 valence electrons. The molecule has 1 unspecified atom stereocenters. The number of pyridine rings is 1. The average Bonchev–Trinajstić information content (AvgIpc) is 2.78. The predicted molar refractivity (Wildman–Crippen MR) is 115 cm³/mol. The SMILES string of the molecule is COc1cc(CN2CC(O)CC3(CCN(C(=O)c4cc(F)cc(C#N)c4)CC3)C2)ccn1. The highest BCUT2D eigenvalue weighted by atomic mass is 19.1. The first-order valence-corrected chi connectivity index (χ1v) is 10.8. The van der Waals surface area contributed by atoms with Gasteiger partial charge in [-0.05, 0) is 54.5 Å². The summed E-state index contributed by atoms with van der Waals surface area (Å²) in [5, 5.41) is 19.6. The molecule has 1 spiro atoms. The number of piperidine rings is 2. The Morgan fingerprint density at radius 2 is 2.12 bits per heavy atom. The number of rotatable bonds is 4. The standard InChI is InChI=1S/C24H27FN4O3/c1-32-22-10-17(2-5-27-22)14-28-15-21(30)12-24(16-28)3-6-29(7-4-24)23(31)19-8-18(13-26)9-20(25)11-19/h2,5,8-11,21,30H,3-4,6-7,12,14-16H2,1H3. The zero-order valence-corrected chi connectivity index (χ0v) is 18.1. The van der Waals surface area contributed by atoms with Gasteiger partial charge in [-0.1, -0.05) is 0 Å². The lowest BCUT2D eigenvalue weighted by atomic mass is 9.71. The summed E-state index contributed by atoms with van der Waals surface area (Å²) in [6, 6.07) is 9.49. The number of aliphatic hydroxyl groups excluding tert-OH is 1. The summed E-state index contributed by atoms with van der Waals surface area (Å²) in [6.07, 6.45) is 3.55. The molecule has 0 bridgehead atoms. The lowest BCUT2D eigenvalue weighted by Crippen LogP contribution is -2.54. The number of halogens is 1. The molecule has 1 N–H and O–H groups in total. The van der Waals surface area contributed by atoms with Crippen molar-refractivity contribution in [3.63, 3.8) is 0 Å². The van der Waals surface area contributed by atoms with Crippen LogP contribution in [0.25, 0.3) is 0 Å². The van der Waals surface area contributed by atoms with Crippen molar-refractivity contribution in [2.75, 3.05) is 33.3 Å². The molecule has 0 saturated carbocycles. The molecule has 2 aromatic rings. The number of benzene rings is 1. The third-order valence-corrected chi connectivity index (χ3v) is 6.50. The van der Waals surface area contributed by atoms with E-state index in [0.29, 0.717) is 38.5 Å². The minimum absolute atomic E-state index is 0.0642. The first-order chi connectivity index (χ1) is 15.4. The third-order valence-electron chi connectivity index (χ3n) is 6.50. The Morgan fingerprint density at radius 1 is 1.34 bits per heavy atom. The normalized spacial score (nSPS) is 20.7. The van der Waals surface area contributed by atoms with Gasteiger partial charge in [-0.3, -0.25) is 9.69 Å². The monoisotopic (exact) mass is 438 g/mol. The molecule has 8 heteroatoms. The van der Waals surface area contributed by atoms with Crippen LogP contribution < -0.4 is 4.74 Å². The molecular formula is C24H27FN4O3. The third kappa shape index (κ3) is 4.90. The van der Waals surface area contributed by atoms with Gasteiger partial charge in [0.05, 0.1) is 24.8 Å². The summed E-state index contributed by atoms with van der Waals surface area (Å²) in [5.74, 6) is -0.272. The van der Waals surface area contributed by atoms with Crippen molar-refractivity contribution in [1.82, 2.24) is 14.8 Å². The first-order valence-electron chi connectivity index (χ1n) is 10.8. The molecule has 1 atom stereocenters. The summed E-state index contributed by atoms with van der Waals surface area (Å²) in [5.41, 5.74) is 1.36. The van der Waals surface area contributed by atoms with Crippen molar-refractivity contribution < 1.29 is 19.0 Å². The van der Waals surface area contributed by atoms with Crippen molar-refractivity contribution in [3.8, 4) is 11.9 Å². The van der Waals surface area contributed by atoms with E-state index in [-0.39, 0.29) is 22.4 Å². The number of aromatic nitrogens is 1. The van der Waals surface area contributed by atoms with E-state index in [4.69, 9.17) is 10.00 Å².